The minimum Gasteiger partial charge on any atom is -0.493 e. The van der Waals surface area contributed by atoms with E-state index >= 15 is 0 Å². The number of carbonyl (C=O) groups is 1. The zero-order valence-corrected chi connectivity index (χ0v) is 20.2. The molecular weight excluding hydrogens is 467 g/mol. The van der Waals surface area contributed by atoms with E-state index in [2.05, 4.69) is 10.6 Å². The summed E-state index contributed by atoms with van der Waals surface area (Å²) in [4.78, 5) is 13.1. The Hall–Kier alpha value is -3.91. The van der Waals surface area contributed by atoms with Crippen LogP contribution < -0.4 is 20.1 Å². The minimum absolute atomic E-state index is 0.0458. The molecule has 0 aliphatic carbocycles. The standard InChI is InChI=1S/C27H25FN2O4S/c1-3-33-26(31)23-24(17-9-5-4-6-10-17)29-27(35)30-25(23)18-13-14-21(22(15-18)32-2)34-16-19-11-7-8-12-20(19)28/h4-15,25H,3,16H2,1-2H3,(H2,29,30,35)/t25-/m1/s1. The Morgan fingerprint density at radius 2 is 1.77 bits per heavy atom. The average Bonchev–Trinajstić information content (AvgIpc) is 2.88. The van der Waals surface area contributed by atoms with Gasteiger partial charge in [0.25, 0.3) is 0 Å². The Bertz CT molecular complexity index is 1260. The molecule has 0 fully saturated rings. The molecule has 3 aromatic carbocycles. The maximum Gasteiger partial charge on any atom is 0.338 e. The molecule has 0 amide bonds. The van der Waals surface area contributed by atoms with Gasteiger partial charge in [-0.1, -0.05) is 54.6 Å². The lowest BCUT2D eigenvalue weighted by Gasteiger charge is -2.31. The second-order valence-corrected chi connectivity index (χ2v) is 8.11. The molecule has 1 atom stereocenters. The highest BCUT2D eigenvalue weighted by molar-refractivity contribution is 7.80. The van der Waals surface area contributed by atoms with E-state index < -0.39 is 12.0 Å². The Morgan fingerprint density at radius 3 is 2.49 bits per heavy atom. The highest BCUT2D eigenvalue weighted by atomic mass is 32.1. The number of esters is 1. The normalized spacial score (nSPS) is 15.2. The molecule has 4 rings (SSSR count). The van der Waals surface area contributed by atoms with Gasteiger partial charge in [-0.25, -0.2) is 9.18 Å². The van der Waals surface area contributed by atoms with Crippen molar-refractivity contribution in [3.05, 3.63) is 101 Å². The summed E-state index contributed by atoms with van der Waals surface area (Å²) in [5.41, 5.74) is 2.94. The number of rotatable bonds is 8. The Kier molecular flexibility index (Phi) is 7.62. The van der Waals surface area contributed by atoms with E-state index in [1.165, 1.54) is 13.2 Å². The van der Waals surface area contributed by atoms with Crippen LogP contribution in [0.1, 0.15) is 29.7 Å². The summed E-state index contributed by atoms with van der Waals surface area (Å²) in [5.74, 6) is 0.0846. The van der Waals surface area contributed by atoms with Crippen molar-refractivity contribution in [2.45, 2.75) is 19.6 Å². The van der Waals surface area contributed by atoms with Crippen LogP contribution >= 0.6 is 12.2 Å². The molecule has 3 aromatic rings. The number of methoxy groups -OCH3 is 1. The number of ether oxygens (including phenoxy) is 3. The van der Waals surface area contributed by atoms with Crippen LogP contribution in [0.3, 0.4) is 0 Å². The van der Waals surface area contributed by atoms with Crippen molar-refractivity contribution in [1.82, 2.24) is 10.6 Å². The van der Waals surface area contributed by atoms with Crippen molar-refractivity contribution in [1.29, 1.82) is 0 Å². The lowest BCUT2D eigenvalue weighted by molar-refractivity contribution is -0.138. The molecule has 2 N–H and O–H groups in total. The summed E-state index contributed by atoms with van der Waals surface area (Å²) < 4.78 is 30.8. The summed E-state index contributed by atoms with van der Waals surface area (Å²) in [7, 11) is 1.52. The quantitative estimate of drug-likeness (QED) is 0.342. The van der Waals surface area contributed by atoms with Crippen LogP contribution in [0.25, 0.3) is 5.70 Å². The first-order valence-corrected chi connectivity index (χ1v) is 11.5. The van der Waals surface area contributed by atoms with E-state index in [0.717, 1.165) is 11.1 Å². The highest BCUT2D eigenvalue weighted by Crippen LogP contribution is 2.36. The highest BCUT2D eigenvalue weighted by Gasteiger charge is 2.33. The zero-order valence-electron chi connectivity index (χ0n) is 19.3. The van der Waals surface area contributed by atoms with Crippen LogP contribution in [0.4, 0.5) is 4.39 Å². The molecule has 0 saturated carbocycles. The largest absolute Gasteiger partial charge is 0.493 e. The van der Waals surface area contributed by atoms with Gasteiger partial charge >= 0.3 is 5.97 Å². The summed E-state index contributed by atoms with van der Waals surface area (Å²) in [6, 6.07) is 20.6. The number of thiocarbonyl (C=S) groups is 1. The molecule has 6 nitrogen and oxygen atoms in total. The Labute approximate surface area is 208 Å². The minimum atomic E-state index is -0.590. The molecule has 0 spiro atoms. The van der Waals surface area contributed by atoms with Crippen molar-refractivity contribution in [3.63, 3.8) is 0 Å². The maximum absolute atomic E-state index is 14.0. The molecule has 1 aliphatic rings. The molecule has 0 aromatic heterocycles. The van der Waals surface area contributed by atoms with Crippen LogP contribution in [0.5, 0.6) is 11.5 Å². The molecule has 0 unspecified atom stereocenters. The average molecular weight is 493 g/mol. The number of benzene rings is 3. The van der Waals surface area contributed by atoms with Gasteiger partial charge in [0.15, 0.2) is 16.6 Å². The van der Waals surface area contributed by atoms with Gasteiger partial charge in [0.05, 0.1) is 31.0 Å². The van der Waals surface area contributed by atoms with E-state index in [4.69, 9.17) is 26.4 Å². The molecule has 35 heavy (non-hydrogen) atoms. The van der Waals surface area contributed by atoms with Gasteiger partial charge < -0.3 is 24.8 Å². The first-order valence-electron chi connectivity index (χ1n) is 11.1. The van der Waals surface area contributed by atoms with E-state index in [0.29, 0.717) is 33.4 Å². The van der Waals surface area contributed by atoms with Crippen molar-refractivity contribution in [2.75, 3.05) is 13.7 Å². The Morgan fingerprint density at radius 1 is 1.03 bits per heavy atom. The van der Waals surface area contributed by atoms with Gasteiger partial charge in [-0.15, -0.1) is 0 Å². The van der Waals surface area contributed by atoms with Crippen molar-refractivity contribution in [2.24, 2.45) is 0 Å². The van der Waals surface area contributed by atoms with Crippen LogP contribution in [0.2, 0.25) is 0 Å². The van der Waals surface area contributed by atoms with Gasteiger partial charge in [-0.3, -0.25) is 0 Å². The van der Waals surface area contributed by atoms with E-state index in [-0.39, 0.29) is 19.0 Å². The third-order valence-electron chi connectivity index (χ3n) is 5.49. The zero-order chi connectivity index (χ0) is 24.8. The fourth-order valence-corrected chi connectivity index (χ4v) is 4.05. The second kappa shape index (κ2) is 11.0. The van der Waals surface area contributed by atoms with Gasteiger partial charge in [0.2, 0.25) is 0 Å². The van der Waals surface area contributed by atoms with E-state index in [1.54, 1.807) is 37.3 Å². The number of hydrogen-bond donors (Lipinski definition) is 2. The van der Waals surface area contributed by atoms with Crippen molar-refractivity contribution in [3.8, 4) is 11.5 Å². The molecule has 0 saturated heterocycles. The van der Waals surface area contributed by atoms with E-state index in [1.807, 2.05) is 36.4 Å². The summed E-state index contributed by atoms with van der Waals surface area (Å²) in [5, 5.41) is 6.66. The lowest BCUT2D eigenvalue weighted by Crippen LogP contribution is -2.45. The third kappa shape index (κ3) is 5.44. The molecular formula is C27H25FN2O4S. The first kappa shape index (κ1) is 24.2. The summed E-state index contributed by atoms with van der Waals surface area (Å²) in [6.07, 6.45) is 0. The van der Waals surface area contributed by atoms with Gasteiger partial charge in [0.1, 0.15) is 12.4 Å². The van der Waals surface area contributed by atoms with E-state index in [9.17, 15) is 9.18 Å². The molecule has 0 bridgehead atoms. The predicted molar refractivity (Wildman–Crippen MR) is 135 cm³/mol. The van der Waals surface area contributed by atoms with Gasteiger partial charge in [0, 0.05) is 5.56 Å². The number of halogens is 1. The van der Waals surface area contributed by atoms with Crippen LogP contribution in [0, 0.1) is 5.82 Å². The van der Waals surface area contributed by atoms with Gasteiger partial charge in [-0.05, 0) is 48.5 Å². The SMILES string of the molecule is CCOC(=O)C1=C(c2ccccc2)NC(=S)N[C@@H]1c1ccc(OCc2ccccc2F)c(OC)c1. The smallest absolute Gasteiger partial charge is 0.338 e. The topological polar surface area (TPSA) is 68.8 Å². The predicted octanol–water partition coefficient (Wildman–Crippen LogP) is 4.91. The molecule has 180 valence electrons. The third-order valence-corrected chi connectivity index (χ3v) is 5.71. The fraction of sp³-hybridized carbons (Fsp3) is 0.185. The Balaban J connectivity index is 1.71. The number of hydrogen-bond acceptors (Lipinski definition) is 5. The monoisotopic (exact) mass is 492 g/mol. The molecule has 0 radical (unpaired) electrons. The maximum atomic E-state index is 14.0. The molecule has 1 aliphatic heterocycles. The molecule has 1 heterocycles. The first-order chi connectivity index (χ1) is 17.0. The van der Waals surface area contributed by atoms with Crippen molar-refractivity contribution < 1.29 is 23.4 Å². The number of nitrogens with one attached hydrogen (secondary N) is 2. The number of carbonyl (C=O) groups excluding carboxylic acids is 1. The summed E-state index contributed by atoms with van der Waals surface area (Å²) >= 11 is 5.46. The summed E-state index contributed by atoms with van der Waals surface area (Å²) in [6.45, 7) is 2.03. The van der Waals surface area contributed by atoms with Gasteiger partial charge in [-0.2, -0.15) is 0 Å². The second-order valence-electron chi connectivity index (χ2n) is 7.70. The van der Waals surface area contributed by atoms with Crippen LogP contribution in [-0.2, 0) is 16.1 Å². The van der Waals surface area contributed by atoms with Crippen LogP contribution in [-0.4, -0.2) is 24.8 Å². The fourth-order valence-electron chi connectivity index (χ4n) is 3.83. The van der Waals surface area contributed by atoms with Crippen molar-refractivity contribution >= 4 is 29.0 Å². The lowest BCUT2D eigenvalue weighted by atomic mass is 9.92. The van der Waals surface area contributed by atoms with Crippen LogP contribution in [0.15, 0.2) is 78.4 Å². The molecule has 8 heteroatoms.